The third-order valence-electron chi connectivity index (χ3n) is 4.09. The predicted octanol–water partition coefficient (Wildman–Crippen LogP) is 3.16. The van der Waals surface area contributed by atoms with Gasteiger partial charge < -0.3 is 11.5 Å². The highest BCUT2D eigenvalue weighted by atomic mass is 14.7. The Morgan fingerprint density at radius 3 is 2.50 bits per heavy atom. The van der Waals surface area contributed by atoms with E-state index >= 15 is 0 Å². The number of hydrogen-bond donors (Lipinski definition) is 2. The van der Waals surface area contributed by atoms with Gasteiger partial charge in [0.15, 0.2) is 0 Å². The Balaban J connectivity index is 2.59. The predicted molar refractivity (Wildman–Crippen MR) is 77.1 cm³/mol. The van der Waals surface area contributed by atoms with Gasteiger partial charge in [-0.05, 0) is 53.8 Å². The third-order valence-corrected chi connectivity index (χ3v) is 4.09. The number of aryl methyl sites for hydroxylation is 2. The van der Waals surface area contributed by atoms with Crippen LogP contribution in [0.4, 0.5) is 0 Å². The zero-order chi connectivity index (χ0) is 13.0. The molecule has 0 spiro atoms. The Morgan fingerprint density at radius 2 is 1.78 bits per heavy atom. The Morgan fingerprint density at radius 1 is 1.06 bits per heavy atom. The van der Waals surface area contributed by atoms with Crippen molar-refractivity contribution in [1.29, 1.82) is 0 Å². The normalized spacial score (nSPS) is 18.6. The van der Waals surface area contributed by atoms with Crippen LogP contribution < -0.4 is 11.5 Å². The maximum absolute atomic E-state index is 6.30. The Bertz CT molecular complexity index is 696. The molecule has 0 bridgehead atoms. The van der Waals surface area contributed by atoms with Gasteiger partial charge in [0.1, 0.15) is 0 Å². The zero-order valence-electron chi connectivity index (χ0n) is 11.0. The standard InChI is InChI=1S/C16H18N2/c1-8-7-9(2)13-14-11(8)5-4-6-12(14)15(17)10(3)16(13)18/h4-7,15H,17-18H2,1-3H3. The molecule has 2 heteroatoms. The fraction of sp³-hybridized carbons (Fsp3) is 0.250. The van der Waals surface area contributed by atoms with Gasteiger partial charge in [-0.15, -0.1) is 0 Å². The highest BCUT2D eigenvalue weighted by Gasteiger charge is 2.24. The van der Waals surface area contributed by atoms with E-state index in [4.69, 9.17) is 11.5 Å². The molecular formula is C16H18N2. The first-order valence-electron chi connectivity index (χ1n) is 6.27. The number of rotatable bonds is 0. The molecule has 2 aromatic carbocycles. The number of benzene rings is 2. The molecule has 0 heterocycles. The minimum atomic E-state index is -0.0811. The zero-order valence-corrected chi connectivity index (χ0v) is 11.0. The van der Waals surface area contributed by atoms with Crippen LogP contribution in [0.3, 0.4) is 0 Å². The quantitative estimate of drug-likeness (QED) is 0.740. The van der Waals surface area contributed by atoms with Crippen molar-refractivity contribution in [3.05, 3.63) is 52.1 Å². The fourth-order valence-electron chi connectivity index (χ4n) is 3.05. The lowest BCUT2D eigenvalue weighted by Crippen LogP contribution is -2.21. The highest BCUT2D eigenvalue weighted by molar-refractivity contribution is 6.01. The van der Waals surface area contributed by atoms with Crippen LogP contribution in [0.25, 0.3) is 16.5 Å². The smallest absolute Gasteiger partial charge is 0.0537 e. The second kappa shape index (κ2) is 3.59. The molecule has 0 aromatic heterocycles. The molecule has 0 saturated carbocycles. The molecule has 1 aliphatic rings. The first-order valence-corrected chi connectivity index (χ1v) is 6.27. The van der Waals surface area contributed by atoms with E-state index < -0.39 is 0 Å². The molecule has 0 radical (unpaired) electrons. The van der Waals surface area contributed by atoms with Crippen molar-refractivity contribution in [1.82, 2.24) is 0 Å². The molecule has 0 fully saturated rings. The van der Waals surface area contributed by atoms with Gasteiger partial charge in [-0.1, -0.05) is 24.3 Å². The highest BCUT2D eigenvalue weighted by Crippen LogP contribution is 2.41. The number of nitrogens with two attached hydrogens (primary N) is 2. The van der Waals surface area contributed by atoms with Crippen LogP contribution in [0.2, 0.25) is 0 Å². The van der Waals surface area contributed by atoms with Gasteiger partial charge in [-0.2, -0.15) is 0 Å². The van der Waals surface area contributed by atoms with E-state index in [2.05, 4.69) is 38.1 Å². The minimum absolute atomic E-state index is 0.0811. The molecule has 4 N–H and O–H groups in total. The molecule has 0 saturated heterocycles. The molecule has 92 valence electrons. The van der Waals surface area contributed by atoms with Crippen molar-refractivity contribution >= 4 is 16.5 Å². The van der Waals surface area contributed by atoms with Crippen LogP contribution in [0.1, 0.15) is 35.2 Å². The second-order valence-electron chi connectivity index (χ2n) is 5.23. The van der Waals surface area contributed by atoms with E-state index in [1.54, 1.807) is 0 Å². The van der Waals surface area contributed by atoms with E-state index in [0.29, 0.717) is 0 Å². The summed E-state index contributed by atoms with van der Waals surface area (Å²) in [5.41, 5.74) is 19.4. The monoisotopic (exact) mass is 238 g/mol. The summed E-state index contributed by atoms with van der Waals surface area (Å²) in [6.07, 6.45) is 0. The minimum Gasteiger partial charge on any atom is -0.398 e. The van der Waals surface area contributed by atoms with Gasteiger partial charge >= 0.3 is 0 Å². The van der Waals surface area contributed by atoms with Crippen LogP contribution in [-0.2, 0) is 0 Å². The van der Waals surface area contributed by atoms with E-state index in [0.717, 1.165) is 11.3 Å². The molecule has 0 aliphatic heterocycles. The summed E-state index contributed by atoms with van der Waals surface area (Å²) in [6, 6.07) is 8.47. The van der Waals surface area contributed by atoms with Crippen LogP contribution >= 0.6 is 0 Å². The third kappa shape index (κ3) is 1.27. The molecule has 1 aliphatic carbocycles. The van der Waals surface area contributed by atoms with E-state index in [-0.39, 0.29) is 6.04 Å². The molecule has 18 heavy (non-hydrogen) atoms. The topological polar surface area (TPSA) is 52.0 Å². The van der Waals surface area contributed by atoms with E-state index in [9.17, 15) is 0 Å². The molecule has 1 unspecified atom stereocenters. The summed E-state index contributed by atoms with van der Waals surface area (Å²) in [7, 11) is 0. The average molecular weight is 238 g/mol. The van der Waals surface area contributed by atoms with Crippen molar-refractivity contribution in [3.63, 3.8) is 0 Å². The van der Waals surface area contributed by atoms with E-state index in [1.807, 2.05) is 6.92 Å². The largest absolute Gasteiger partial charge is 0.398 e. The lowest BCUT2D eigenvalue weighted by molar-refractivity contribution is 0.847. The summed E-state index contributed by atoms with van der Waals surface area (Å²) < 4.78 is 0. The molecular weight excluding hydrogens is 220 g/mol. The number of hydrogen-bond acceptors (Lipinski definition) is 2. The molecule has 1 atom stereocenters. The van der Waals surface area contributed by atoms with E-state index in [1.165, 1.54) is 33.0 Å². The maximum atomic E-state index is 6.30. The van der Waals surface area contributed by atoms with Gasteiger partial charge in [0.05, 0.1) is 6.04 Å². The molecule has 2 aromatic rings. The van der Waals surface area contributed by atoms with Crippen LogP contribution in [0.5, 0.6) is 0 Å². The lowest BCUT2D eigenvalue weighted by Gasteiger charge is -2.27. The Labute approximate surface area is 107 Å². The van der Waals surface area contributed by atoms with Crippen molar-refractivity contribution in [2.24, 2.45) is 11.5 Å². The Kier molecular flexibility index (Phi) is 2.26. The SMILES string of the molecule is CC1=C(N)c2c(C)cc(C)c3cccc(c23)C1N. The van der Waals surface area contributed by atoms with Crippen molar-refractivity contribution < 1.29 is 0 Å². The second-order valence-corrected chi connectivity index (χ2v) is 5.23. The van der Waals surface area contributed by atoms with Gasteiger partial charge in [0.25, 0.3) is 0 Å². The average Bonchev–Trinajstić information content (AvgIpc) is 2.35. The van der Waals surface area contributed by atoms with Gasteiger partial charge in [0, 0.05) is 11.3 Å². The first-order chi connectivity index (χ1) is 8.52. The summed E-state index contributed by atoms with van der Waals surface area (Å²) >= 11 is 0. The summed E-state index contributed by atoms with van der Waals surface area (Å²) in [6.45, 7) is 6.29. The summed E-state index contributed by atoms with van der Waals surface area (Å²) in [5, 5.41) is 2.50. The summed E-state index contributed by atoms with van der Waals surface area (Å²) in [4.78, 5) is 0. The van der Waals surface area contributed by atoms with Crippen molar-refractivity contribution in [3.8, 4) is 0 Å². The molecule has 3 rings (SSSR count). The van der Waals surface area contributed by atoms with Gasteiger partial charge in [-0.25, -0.2) is 0 Å². The van der Waals surface area contributed by atoms with Crippen LogP contribution in [0, 0.1) is 13.8 Å². The van der Waals surface area contributed by atoms with Crippen molar-refractivity contribution in [2.45, 2.75) is 26.8 Å². The molecule has 2 nitrogen and oxygen atoms in total. The van der Waals surface area contributed by atoms with Crippen LogP contribution in [0.15, 0.2) is 29.8 Å². The van der Waals surface area contributed by atoms with Crippen molar-refractivity contribution in [2.75, 3.05) is 0 Å². The van der Waals surface area contributed by atoms with Crippen LogP contribution in [-0.4, -0.2) is 0 Å². The summed E-state index contributed by atoms with van der Waals surface area (Å²) in [5.74, 6) is 0. The first kappa shape index (κ1) is 11.3. The Hall–Kier alpha value is -1.80. The molecule has 0 amide bonds. The van der Waals surface area contributed by atoms with Gasteiger partial charge in [0.2, 0.25) is 0 Å². The lowest BCUT2D eigenvalue weighted by atomic mass is 9.81. The van der Waals surface area contributed by atoms with Gasteiger partial charge in [-0.3, -0.25) is 0 Å². The fourth-order valence-corrected chi connectivity index (χ4v) is 3.05. The maximum Gasteiger partial charge on any atom is 0.0537 e.